The minimum atomic E-state index is -0.170. The molecule has 1 aromatic rings. The van der Waals surface area contributed by atoms with Crippen molar-refractivity contribution in [1.82, 2.24) is 15.0 Å². The summed E-state index contributed by atoms with van der Waals surface area (Å²) in [5, 5.41) is 0. The van der Waals surface area contributed by atoms with Gasteiger partial charge in [-0.05, 0) is 134 Å². The Bertz CT molecular complexity index is 908. The van der Waals surface area contributed by atoms with Gasteiger partial charge < -0.3 is 25.9 Å². The highest BCUT2D eigenvalue weighted by atomic mass is 16.0. The molecule has 3 fully saturated rings. The third-order valence-electron chi connectivity index (χ3n) is 9.51. The monoisotopic (exact) mass is 531 g/mol. The van der Waals surface area contributed by atoms with Gasteiger partial charge in [-0.15, -0.1) is 0 Å². The smallest absolute Gasteiger partial charge is 0.232 e. The minimum absolute atomic E-state index is 0. The standard InChI is InChI=1S/C30H55N7.H2O/c1-25(2)15-13-16-26(3,4)35(25)22-32-23(36-27(5,6)17-14-18-28(36,7)8)34-24(33-22)37-29(9,10)19-21(31)20-30(37,11)12;/h21H,13-20,31H2,1-12H3;1H2. The summed E-state index contributed by atoms with van der Waals surface area (Å²) in [6.45, 7) is 27.9. The average Bonchev–Trinajstić information content (AvgIpc) is 2.62. The van der Waals surface area contributed by atoms with Crippen molar-refractivity contribution in [3.05, 3.63) is 0 Å². The van der Waals surface area contributed by atoms with Crippen LogP contribution in [0.3, 0.4) is 0 Å². The summed E-state index contributed by atoms with van der Waals surface area (Å²) in [7, 11) is 0. The van der Waals surface area contributed by atoms with Gasteiger partial charge in [-0.3, -0.25) is 0 Å². The topological polar surface area (TPSA) is 106 Å². The van der Waals surface area contributed by atoms with Crippen molar-refractivity contribution >= 4 is 17.8 Å². The lowest BCUT2D eigenvalue weighted by Gasteiger charge is -2.56. The highest BCUT2D eigenvalue weighted by Crippen LogP contribution is 2.46. The van der Waals surface area contributed by atoms with E-state index in [1.165, 1.54) is 12.8 Å². The van der Waals surface area contributed by atoms with Crippen molar-refractivity contribution in [2.75, 3.05) is 14.7 Å². The molecule has 0 saturated carbocycles. The number of anilines is 3. The van der Waals surface area contributed by atoms with Gasteiger partial charge in [0.25, 0.3) is 0 Å². The van der Waals surface area contributed by atoms with E-state index in [0.717, 1.165) is 56.4 Å². The van der Waals surface area contributed by atoms with Crippen LogP contribution in [0.15, 0.2) is 0 Å². The number of nitrogens with zero attached hydrogens (tertiary/aromatic N) is 6. The Kier molecular flexibility index (Phi) is 7.69. The van der Waals surface area contributed by atoms with E-state index in [2.05, 4.69) is 97.8 Å². The molecule has 218 valence electrons. The summed E-state index contributed by atoms with van der Waals surface area (Å²) in [6.07, 6.45) is 8.77. The average molecular weight is 532 g/mol. The van der Waals surface area contributed by atoms with Crippen molar-refractivity contribution in [3.63, 3.8) is 0 Å². The summed E-state index contributed by atoms with van der Waals surface area (Å²) in [5.74, 6) is 2.41. The Morgan fingerprint density at radius 1 is 0.500 bits per heavy atom. The molecule has 4 N–H and O–H groups in total. The molecule has 0 unspecified atom stereocenters. The van der Waals surface area contributed by atoms with E-state index in [4.69, 9.17) is 20.7 Å². The van der Waals surface area contributed by atoms with Crippen molar-refractivity contribution in [1.29, 1.82) is 0 Å². The Labute approximate surface area is 232 Å². The highest BCUT2D eigenvalue weighted by Gasteiger charge is 2.49. The van der Waals surface area contributed by atoms with Gasteiger partial charge in [0, 0.05) is 39.3 Å². The lowest BCUT2D eigenvalue weighted by Crippen LogP contribution is -2.65. The van der Waals surface area contributed by atoms with Gasteiger partial charge in [-0.1, -0.05) is 0 Å². The van der Waals surface area contributed by atoms with Crippen LogP contribution in [0.2, 0.25) is 0 Å². The van der Waals surface area contributed by atoms with Crippen LogP contribution in [-0.4, -0.2) is 59.7 Å². The van der Waals surface area contributed by atoms with Crippen LogP contribution in [0.4, 0.5) is 17.8 Å². The second kappa shape index (κ2) is 9.46. The molecule has 8 heteroatoms. The molecule has 0 amide bonds. The third kappa shape index (κ3) is 5.36. The third-order valence-corrected chi connectivity index (χ3v) is 9.51. The Balaban J connectivity index is 0.00000400. The molecule has 1 aromatic heterocycles. The molecule has 4 heterocycles. The Hall–Kier alpha value is -1.67. The highest BCUT2D eigenvalue weighted by molar-refractivity contribution is 5.54. The van der Waals surface area contributed by atoms with Crippen LogP contribution in [0, 0.1) is 0 Å². The predicted molar refractivity (Wildman–Crippen MR) is 160 cm³/mol. The first-order valence-corrected chi connectivity index (χ1v) is 14.6. The summed E-state index contributed by atoms with van der Waals surface area (Å²) in [4.78, 5) is 23.5. The molecule has 3 saturated heterocycles. The Morgan fingerprint density at radius 3 is 1.00 bits per heavy atom. The fraction of sp³-hybridized carbons (Fsp3) is 0.900. The zero-order valence-electron chi connectivity index (χ0n) is 26.5. The van der Waals surface area contributed by atoms with Crippen LogP contribution >= 0.6 is 0 Å². The summed E-state index contributed by atoms with van der Waals surface area (Å²) < 4.78 is 0. The lowest BCUT2D eigenvalue weighted by molar-refractivity contribution is 0.213. The van der Waals surface area contributed by atoms with E-state index in [9.17, 15) is 0 Å². The first-order valence-electron chi connectivity index (χ1n) is 14.6. The lowest BCUT2D eigenvalue weighted by atomic mass is 9.77. The van der Waals surface area contributed by atoms with Crippen molar-refractivity contribution in [2.45, 2.75) is 174 Å². The predicted octanol–water partition coefficient (Wildman–Crippen LogP) is 5.63. The first kappa shape index (κ1) is 30.9. The molecule has 0 radical (unpaired) electrons. The largest absolute Gasteiger partial charge is 0.412 e. The van der Waals surface area contributed by atoms with E-state index >= 15 is 0 Å². The number of piperidine rings is 3. The molecule has 3 aliphatic rings. The van der Waals surface area contributed by atoms with Gasteiger partial charge >= 0.3 is 0 Å². The maximum absolute atomic E-state index is 6.57. The van der Waals surface area contributed by atoms with E-state index in [-0.39, 0.29) is 44.8 Å². The molecule has 4 rings (SSSR count). The summed E-state index contributed by atoms with van der Waals surface area (Å²) in [6, 6.07) is 0.168. The van der Waals surface area contributed by atoms with E-state index in [1.54, 1.807) is 0 Å². The molecule has 0 atom stereocenters. The van der Waals surface area contributed by atoms with Crippen molar-refractivity contribution < 1.29 is 5.48 Å². The fourth-order valence-corrected chi connectivity index (χ4v) is 8.62. The SMILES string of the molecule is CC1(C)CCCC(C)(C)N1c1nc(N2C(C)(C)CCCC2(C)C)nc(N2C(C)(C)CC(N)CC2(C)C)n1.O. The van der Waals surface area contributed by atoms with Crippen LogP contribution in [0.5, 0.6) is 0 Å². The van der Waals surface area contributed by atoms with Gasteiger partial charge in [0.05, 0.1) is 0 Å². The number of hydrogen-bond donors (Lipinski definition) is 1. The number of aromatic nitrogens is 3. The quantitative estimate of drug-likeness (QED) is 0.539. The van der Waals surface area contributed by atoms with Gasteiger partial charge in [0.2, 0.25) is 17.8 Å². The molecule has 3 aliphatic heterocycles. The van der Waals surface area contributed by atoms with Crippen LogP contribution in [-0.2, 0) is 0 Å². The molecule has 0 aliphatic carbocycles. The maximum atomic E-state index is 6.57. The molecular formula is C30H57N7O. The normalized spacial score (nSPS) is 27.6. The summed E-state index contributed by atoms with van der Waals surface area (Å²) in [5.41, 5.74) is 6.06. The van der Waals surface area contributed by atoms with E-state index in [0.29, 0.717) is 0 Å². The first-order chi connectivity index (χ1) is 16.7. The second-order valence-corrected chi connectivity index (χ2v) is 16.0. The zero-order valence-corrected chi connectivity index (χ0v) is 26.5. The van der Waals surface area contributed by atoms with Crippen LogP contribution in [0.25, 0.3) is 0 Å². The van der Waals surface area contributed by atoms with Gasteiger partial charge in [-0.2, -0.15) is 15.0 Å². The molecule has 0 bridgehead atoms. The molecule has 0 spiro atoms. The van der Waals surface area contributed by atoms with Crippen LogP contribution < -0.4 is 20.4 Å². The zero-order chi connectivity index (χ0) is 27.8. The number of hydrogen-bond acceptors (Lipinski definition) is 7. The van der Waals surface area contributed by atoms with Crippen molar-refractivity contribution in [3.8, 4) is 0 Å². The second-order valence-electron chi connectivity index (χ2n) is 16.0. The molecule has 8 nitrogen and oxygen atoms in total. The van der Waals surface area contributed by atoms with E-state index < -0.39 is 0 Å². The van der Waals surface area contributed by atoms with Crippen molar-refractivity contribution in [2.24, 2.45) is 5.73 Å². The Morgan fingerprint density at radius 2 is 0.737 bits per heavy atom. The minimum Gasteiger partial charge on any atom is -0.412 e. The molecule has 0 aromatic carbocycles. The maximum Gasteiger partial charge on any atom is 0.232 e. The molecular weight excluding hydrogens is 474 g/mol. The van der Waals surface area contributed by atoms with E-state index in [1.807, 2.05) is 0 Å². The summed E-state index contributed by atoms with van der Waals surface area (Å²) >= 11 is 0. The van der Waals surface area contributed by atoms with Gasteiger partial charge in [-0.25, -0.2) is 0 Å². The van der Waals surface area contributed by atoms with Gasteiger partial charge in [0.15, 0.2) is 0 Å². The van der Waals surface area contributed by atoms with Gasteiger partial charge in [0.1, 0.15) is 0 Å². The number of rotatable bonds is 3. The molecule has 38 heavy (non-hydrogen) atoms. The number of nitrogens with two attached hydrogens (primary N) is 1. The fourth-order valence-electron chi connectivity index (χ4n) is 8.62. The van der Waals surface area contributed by atoms with Crippen LogP contribution in [0.1, 0.15) is 134 Å².